The number of carbonyl (C=O) groups is 2. The third-order valence-electron chi connectivity index (χ3n) is 4.52. The Morgan fingerprint density at radius 2 is 1.61 bits per heavy atom. The lowest BCUT2D eigenvalue weighted by atomic mass is 10.2. The fraction of sp³-hybridized carbons (Fsp3) is 0.208. The van der Waals surface area contributed by atoms with Gasteiger partial charge in [-0.1, -0.05) is 19.4 Å². The Balaban J connectivity index is 1.56. The van der Waals surface area contributed by atoms with Crippen LogP contribution in [-0.2, 0) is 6.54 Å². The number of unbranched alkanes of at least 4 members (excludes halogenated alkanes) is 1. The second-order valence-electron chi connectivity index (χ2n) is 6.87. The number of benzene rings is 2. The molecule has 3 rings (SSSR count). The number of nitrogens with zero attached hydrogens (tertiary/aromatic N) is 1. The largest absolute Gasteiger partial charge is 0.477 e. The first kappa shape index (κ1) is 21.8. The molecule has 0 saturated carbocycles. The van der Waals surface area contributed by atoms with Crippen LogP contribution in [0.1, 0.15) is 46.0 Å². The number of carbonyl (C=O) groups excluding carboxylic acids is 2. The Bertz CT molecular complexity index is 1020. The zero-order chi connectivity index (χ0) is 22.1. The Labute approximate surface area is 181 Å². The summed E-state index contributed by atoms with van der Waals surface area (Å²) in [5.41, 5.74) is 6.97. The summed E-state index contributed by atoms with van der Waals surface area (Å²) >= 11 is 0. The molecule has 3 N–H and O–H groups in total. The molecule has 1 aromatic heterocycles. The minimum Gasteiger partial charge on any atom is -0.477 e. The minimum atomic E-state index is -0.493. The van der Waals surface area contributed by atoms with Crippen LogP contribution in [0, 0.1) is 0 Å². The zero-order valence-electron chi connectivity index (χ0n) is 17.3. The number of nitrogens with one attached hydrogen (secondary N) is 1. The molecule has 0 aliphatic rings. The number of primary amides is 1. The fourth-order valence-electron chi connectivity index (χ4n) is 2.78. The van der Waals surface area contributed by atoms with Gasteiger partial charge in [-0.25, -0.2) is 4.98 Å². The molecule has 0 fully saturated rings. The van der Waals surface area contributed by atoms with Gasteiger partial charge in [0.2, 0.25) is 11.8 Å². The van der Waals surface area contributed by atoms with Gasteiger partial charge in [0.15, 0.2) is 0 Å². The number of ether oxygens (including phenoxy) is 2. The van der Waals surface area contributed by atoms with Crippen molar-refractivity contribution in [3.05, 3.63) is 83.6 Å². The van der Waals surface area contributed by atoms with Crippen molar-refractivity contribution in [2.75, 3.05) is 6.61 Å². The van der Waals surface area contributed by atoms with E-state index in [0.29, 0.717) is 41.7 Å². The standard InChI is InChI=1S/C24H25N3O4/c1-2-3-15-30-24-19(5-4-14-26-24)16-27-23(29)18-8-12-21(13-9-18)31-20-10-6-17(7-11-20)22(25)28/h4-14H,2-3,15-16H2,1H3,(H2,25,28)(H,27,29). The highest BCUT2D eigenvalue weighted by Gasteiger charge is 2.10. The minimum absolute atomic E-state index is 0.208. The monoisotopic (exact) mass is 419 g/mol. The first-order valence-electron chi connectivity index (χ1n) is 10.1. The number of rotatable bonds is 10. The van der Waals surface area contributed by atoms with Gasteiger partial charge >= 0.3 is 0 Å². The average Bonchev–Trinajstić information content (AvgIpc) is 2.79. The lowest BCUT2D eigenvalue weighted by Gasteiger charge is -2.11. The topological polar surface area (TPSA) is 104 Å². The number of hydrogen-bond donors (Lipinski definition) is 2. The van der Waals surface area contributed by atoms with E-state index >= 15 is 0 Å². The van der Waals surface area contributed by atoms with Crippen molar-refractivity contribution in [1.82, 2.24) is 10.3 Å². The molecule has 0 aliphatic heterocycles. The van der Waals surface area contributed by atoms with Gasteiger partial charge in [0.1, 0.15) is 11.5 Å². The van der Waals surface area contributed by atoms with Crippen LogP contribution in [0.2, 0.25) is 0 Å². The maximum Gasteiger partial charge on any atom is 0.251 e. The van der Waals surface area contributed by atoms with Crippen molar-refractivity contribution in [2.45, 2.75) is 26.3 Å². The normalized spacial score (nSPS) is 10.4. The number of nitrogens with two attached hydrogens (primary N) is 1. The highest BCUT2D eigenvalue weighted by atomic mass is 16.5. The lowest BCUT2D eigenvalue weighted by Crippen LogP contribution is -2.23. The molecule has 0 radical (unpaired) electrons. The summed E-state index contributed by atoms with van der Waals surface area (Å²) in [6.45, 7) is 3.01. The van der Waals surface area contributed by atoms with E-state index in [1.165, 1.54) is 0 Å². The van der Waals surface area contributed by atoms with Gasteiger partial charge in [-0.05, 0) is 61.0 Å². The molecule has 0 bridgehead atoms. The van der Waals surface area contributed by atoms with Crippen molar-refractivity contribution >= 4 is 11.8 Å². The summed E-state index contributed by atoms with van der Waals surface area (Å²) in [5, 5.41) is 2.89. The third-order valence-corrected chi connectivity index (χ3v) is 4.52. The van der Waals surface area contributed by atoms with Gasteiger partial charge in [0.05, 0.1) is 6.61 Å². The highest BCUT2D eigenvalue weighted by molar-refractivity contribution is 5.94. The summed E-state index contributed by atoms with van der Waals surface area (Å²) in [6, 6.07) is 17.0. The lowest BCUT2D eigenvalue weighted by molar-refractivity contribution is 0.0949. The molecule has 2 aromatic carbocycles. The molecule has 160 valence electrons. The van der Waals surface area contributed by atoms with Gasteiger partial charge in [0, 0.05) is 29.4 Å². The molecular weight excluding hydrogens is 394 g/mol. The molecule has 0 atom stereocenters. The van der Waals surface area contributed by atoms with Crippen molar-refractivity contribution in [1.29, 1.82) is 0 Å². The molecule has 2 amide bonds. The van der Waals surface area contributed by atoms with Gasteiger partial charge in [-0.15, -0.1) is 0 Å². The quantitative estimate of drug-likeness (QED) is 0.482. The molecule has 0 aliphatic carbocycles. The Hall–Kier alpha value is -3.87. The molecular formula is C24H25N3O4. The molecule has 1 heterocycles. The van der Waals surface area contributed by atoms with E-state index in [-0.39, 0.29) is 5.91 Å². The summed E-state index contributed by atoms with van der Waals surface area (Å²) in [5.74, 6) is 0.979. The highest BCUT2D eigenvalue weighted by Crippen LogP contribution is 2.22. The number of pyridine rings is 1. The van der Waals surface area contributed by atoms with Crippen LogP contribution in [0.15, 0.2) is 66.9 Å². The van der Waals surface area contributed by atoms with E-state index in [2.05, 4.69) is 17.2 Å². The Morgan fingerprint density at radius 1 is 0.968 bits per heavy atom. The smallest absolute Gasteiger partial charge is 0.251 e. The van der Waals surface area contributed by atoms with Gasteiger partial charge < -0.3 is 20.5 Å². The Morgan fingerprint density at radius 3 is 2.23 bits per heavy atom. The van der Waals surface area contributed by atoms with Crippen LogP contribution >= 0.6 is 0 Å². The average molecular weight is 419 g/mol. The van der Waals surface area contributed by atoms with E-state index in [9.17, 15) is 9.59 Å². The van der Waals surface area contributed by atoms with Crippen LogP contribution in [0.5, 0.6) is 17.4 Å². The van der Waals surface area contributed by atoms with Crippen LogP contribution in [0.4, 0.5) is 0 Å². The van der Waals surface area contributed by atoms with E-state index < -0.39 is 5.91 Å². The van der Waals surface area contributed by atoms with Crippen LogP contribution in [-0.4, -0.2) is 23.4 Å². The maximum absolute atomic E-state index is 12.5. The first-order valence-corrected chi connectivity index (χ1v) is 10.1. The molecule has 0 spiro atoms. The number of aromatic nitrogens is 1. The van der Waals surface area contributed by atoms with E-state index in [1.807, 2.05) is 12.1 Å². The molecule has 7 nitrogen and oxygen atoms in total. The summed E-state index contributed by atoms with van der Waals surface area (Å²) in [7, 11) is 0. The molecule has 0 saturated heterocycles. The van der Waals surface area contributed by atoms with E-state index in [0.717, 1.165) is 18.4 Å². The van der Waals surface area contributed by atoms with Crippen LogP contribution in [0.25, 0.3) is 0 Å². The maximum atomic E-state index is 12.5. The van der Waals surface area contributed by atoms with Crippen molar-refractivity contribution < 1.29 is 19.1 Å². The van der Waals surface area contributed by atoms with Crippen molar-refractivity contribution in [3.63, 3.8) is 0 Å². The predicted octanol–water partition coefficient (Wildman–Crippen LogP) is 4.08. The second kappa shape index (κ2) is 10.8. The molecule has 31 heavy (non-hydrogen) atoms. The number of hydrogen-bond acceptors (Lipinski definition) is 5. The summed E-state index contributed by atoms with van der Waals surface area (Å²) in [4.78, 5) is 27.9. The van der Waals surface area contributed by atoms with E-state index in [4.69, 9.17) is 15.2 Å². The first-order chi connectivity index (χ1) is 15.1. The van der Waals surface area contributed by atoms with Crippen molar-refractivity contribution in [3.8, 4) is 17.4 Å². The zero-order valence-corrected chi connectivity index (χ0v) is 17.3. The Kier molecular flexibility index (Phi) is 7.59. The van der Waals surface area contributed by atoms with Gasteiger partial charge in [-0.3, -0.25) is 9.59 Å². The second-order valence-corrected chi connectivity index (χ2v) is 6.87. The molecule has 0 unspecified atom stereocenters. The fourth-order valence-corrected chi connectivity index (χ4v) is 2.78. The van der Waals surface area contributed by atoms with Crippen molar-refractivity contribution in [2.24, 2.45) is 5.73 Å². The number of amides is 2. The van der Waals surface area contributed by atoms with Gasteiger partial charge in [-0.2, -0.15) is 0 Å². The third kappa shape index (κ3) is 6.30. The van der Waals surface area contributed by atoms with Gasteiger partial charge in [0.25, 0.3) is 5.91 Å². The molecule has 3 aromatic rings. The van der Waals surface area contributed by atoms with Crippen LogP contribution in [0.3, 0.4) is 0 Å². The SMILES string of the molecule is CCCCOc1ncccc1CNC(=O)c1ccc(Oc2ccc(C(N)=O)cc2)cc1. The summed E-state index contributed by atoms with van der Waals surface area (Å²) < 4.78 is 11.4. The predicted molar refractivity (Wildman–Crippen MR) is 117 cm³/mol. The molecule has 7 heteroatoms. The summed E-state index contributed by atoms with van der Waals surface area (Å²) in [6.07, 6.45) is 3.66. The van der Waals surface area contributed by atoms with Crippen LogP contribution < -0.4 is 20.5 Å². The van der Waals surface area contributed by atoms with E-state index in [1.54, 1.807) is 54.7 Å².